The van der Waals surface area contributed by atoms with Crippen molar-refractivity contribution in [1.82, 2.24) is 0 Å². The number of quaternary nitrogens is 2. The van der Waals surface area contributed by atoms with E-state index in [0.29, 0.717) is 19.4 Å². The van der Waals surface area contributed by atoms with Crippen molar-refractivity contribution in [2.45, 2.75) is 56.9 Å². The van der Waals surface area contributed by atoms with Crippen molar-refractivity contribution in [3.05, 3.63) is 0 Å². The van der Waals surface area contributed by atoms with Gasteiger partial charge < -0.3 is 19.7 Å². The standard InChI is InChI=1S/C5H13NO3S.C4H11NO3S.5CH4/c1-2-6-4-3-5-10(7,8)9;1-5-3-2-4-9(6,7)8;;;;;/h6H,2-5H2,1H3,(H,7,8,9);5H,2-4H2,1H3,(H,6,7,8);5*1H4. The lowest BCUT2D eigenvalue weighted by molar-refractivity contribution is -0.651. The van der Waals surface area contributed by atoms with Gasteiger partial charge in [0, 0.05) is 24.3 Å². The van der Waals surface area contributed by atoms with Gasteiger partial charge in [-0.15, -0.1) is 0 Å². The van der Waals surface area contributed by atoms with E-state index < -0.39 is 20.2 Å². The quantitative estimate of drug-likeness (QED) is 0.404. The fourth-order valence-corrected chi connectivity index (χ4v) is 2.11. The fraction of sp³-hybridized carbons (Fsp3) is 1.00. The second-order valence-corrected chi connectivity index (χ2v) is 6.96. The lowest BCUT2D eigenvalue weighted by Crippen LogP contribution is -2.83. The van der Waals surface area contributed by atoms with Crippen LogP contribution in [0.5, 0.6) is 0 Å². The van der Waals surface area contributed by atoms with Crippen LogP contribution in [0.3, 0.4) is 0 Å². The van der Waals surface area contributed by atoms with E-state index in [4.69, 9.17) is 0 Å². The first-order valence-electron chi connectivity index (χ1n) is 6.09. The van der Waals surface area contributed by atoms with Crippen molar-refractivity contribution >= 4 is 20.2 Å². The van der Waals surface area contributed by atoms with Crippen LogP contribution in [0.2, 0.25) is 0 Å². The summed E-state index contributed by atoms with van der Waals surface area (Å²) in [5, 5.41) is 3.80. The minimum absolute atomic E-state index is 0. The van der Waals surface area contributed by atoms with Crippen molar-refractivity contribution < 1.29 is 36.6 Å². The fourth-order valence-electron chi connectivity index (χ4n) is 1.07. The molecular weight excluding hydrogens is 356 g/mol. The molecule has 10 heteroatoms. The Morgan fingerprint density at radius 2 is 1.08 bits per heavy atom. The first kappa shape index (κ1) is 43.8. The second-order valence-electron chi connectivity index (χ2n) is 3.91. The second kappa shape index (κ2) is 25.0. The minimum atomic E-state index is -3.97. The van der Waals surface area contributed by atoms with E-state index in [0.717, 1.165) is 13.1 Å². The molecule has 0 saturated carbocycles. The molecule has 0 heterocycles. The average molecular weight is 401 g/mol. The van der Waals surface area contributed by atoms with Gasteiger partial charge in [-0.1, -0.05) is 37.1 Å². The summed E-state index contributed by atoms with van der Waals surface area (Å²) in [7, 11) is -6.11. The Morgan fingerprint density at radius 1 is 0.750 bits per heavy atom. The van der Waals surface area contributed by atoms with Crippen LogP contribution in [-0.4, -0.2) is 64.1 Å². The molecule has 0 radical (unpaired) electrons. The number of rotatable bonds is 9. The zero-order chi connectivity index (χ0) is 15.4. The smallest absolute Gasteiger partial charge is 0.0948 e. The molecule has 0 bridgehead atoms. The first-order chi connectivity index (χ1) is 8.62. The van der Waals surface area contributed by atoms with Gasteiger partial charge in [-0.05, 0) is 6.92 Å². The molecule has 8 nitrogen and oxygen atoms in total. The molecule has 4 N–H and O–H groups in total. The number of hydrogen-bond donors (Lipinski definition) is 2. The summed E-state index contributed by atoms with van der Waals surface area (Å²) in [5.74, 6) is -0.471. The van der Waals surface area contributed by atoms with E-state index in [1.807, 2.05) is 24.6 Å². The molecule has 0 amide bonds. The topological polar surface area (TPSA) is 148 Å². The third-order valence-corrected chi connectivity index (χ3v) is 3.56. The molecule has 0 aliphatic carbocycles. The summed E-state index contributed by atoms with van der Waals surface area (Å²) < 4.78 is 59.9. The third-order valence-electron chi connectivity index (χ3n) is 1.98. The molecule has 0 aromatic heterocycles. The van der Waals surface area contributed by atoms with Gasteiger partial charge in [-0.2, -0.15) is 0 Å². The maximum Gasteiger partial charge on any atom is 0.0948 e. The van der Waals surface area contributed by atoms with Crippen molar-refractivity contribution in [1.29, 1.82) is 0 Å². The summed E-state index contributed by atoms with van der Waals surface area (Å²) in [6, 6.07) is 0. The van der Waals surface area contributed by atoms with E-state index in [1.165, 1.54) is 0 Å². The van der Waals surface area contributed by atoms with Crippen molar-refractivity contribution in [3.63, 3.8) is 0 Å². The van der Waals surface area contributed by atoms with Gasteiger partial charge in [-0.3, -0.25) is 0 Å². The Kier molecular flexibility index (Phi) is 45.6. The third kappa shape index (κ3) is 57.6. The van der Waals surface area contributed by atoms with Crippen LogP contribution < -0.4 is 10.6 Å². The Hall–Kier alpha value is -0.260. The number of nitrogens with two attached hydrogens (primary N) is 2. The van der Waals surface area contributed by atoms with Crippen LogP contribution in [0.4, 0.5) is 0 Å². The molecule has 158 valence electrons. The maximum atomic E-state index is 10.0. The zero-order valence-electron chi connectivity index (χ0n) is 11.4. The molecule has 0 aliphatic heterocycles. The molecule has 0 saturated heterocycles. The minimum Gasteiger partial charge on any atom is -0.748 e. The maximum absolute atomic E-state index is 10.0. The first-order valence-corrected chi connectivity index (χ1v) is 9.24. The molecule has 0 atom stereocenters. The van der Waals surface area contributed by atoms with Crippen LogP contribution in [-0.2, 0) is 20.2 Å². The van der Waals surface area contributed by atoms with E-state index in [-0.39, 0.29) is 48.6 Å². The Morgan fingerprint density at radius 3 is 1.33 bits per heavy atom. The van der Waals surface area contributed by atoms with Crippen LogP contribution >= 0.6 is 0 Å². The molecule has 0 unspecified atom stereocenters. The van der Waals surface area contributed by atoms with E-state index in [2.05, 4.69) is 0 Å². The normalized spacial score (nSPS) is 9.33. The summed E-state index contributed by atoms with van der Waals surface area (Å²) in [4.78, 5) is 0. The summed E-state index contributed by atoms with van der Waals surface area (Å²) >= 11 is 0. The van der Waals surface area contributed by atoms with Gasteiger partial charge in [0.2, 0.25) is 0 Å². The van der Waals surface area contributed by atoms with Gasteiger partial charge in [0.15, 0.2) is 0 Å². The summed E-state index contributed by atoms with van der Waals surface area (Å²) in [5.41, 5.74) is 0. The highest BCUT2D eigenvalue weighted by Crippen LogP contribution is 1.83. The van der Waals surface area contributed by atoms with Crippen molar-refractivity contribution in [3.8, 4) is 0 Å². The highest BCUT2D eigenvalue weighted by Gasteiger charge is 1.95. The zero-order valence-corrected chi connectivity index (χ0v) is 13.0. The van der Waals surface area contributed by atoms with Crippen LogP contribution in [0.15, 0.2) is 0 Å². The molecule has 24 heavy (non-hydrogen) atoms. The highest BCUT2D eigenvalue weighted by molar-refractivity contribution is 7.85. The molecule has 0 aliphatic rings. The highest BCUT2D eigenvalue weighted by atomic mass is 32.2. The average Bonchev–Trinajstić information content (AvgIpc) is 2.23. The Labute approximate surface area is 152 Å². The van der Waals surface area contributed by atoms with Gasteiger partial charge in [0.05, 0.1) is 46.9 Å². The van der Waals surface area contributed by atoms with Gasteiger partial charge in [0.1, 0.15) is 0 Å². The van der Waals surface area contributed by atoms with Crippen molar-refractivity contribution in [2.75, 3.05) is 38.2 Å². The van der Waals surface area contributed by atoms with Gasteiger partial charge in [-0.25, -0.2) is 16.8 Å². The molecular formula is C14H44N2O6S2. The van der Waals surface area contributed by atoms with Gasteiger partial charge >= 0.3 is 0 Å². The molecule has 0 aromatic carbocycles. The predicted molar refractivity (Wildman–Crippen MR) is 102 cm³/mol. The van der Waals surface area contributed by atoms with Crippen LogP contribution in [0, 0.1) is 0 Å². The molecule has 0 aromatic rings. The largest absolute Gasteiger partial charge is 0.748 e. The van der Waals surface area contributed by atoms with E-state index >= 15 is 0 Å². The Bertz CT molecular complexity index is 397. The summed E-state index contributed by atoms with van der Waals surface area (Å²) in [6.07, 6.45) is 0.905. The van der Waals surface area contributed by atoms with Crippen LogP contribution in [0.25, 0.3) is 0 Å². The van der Waals surface area contributed by atoms with Gasteiger partial charge in [0.25, 0.3) is 0 Å². The molecule has 0 fully saturated rings. The van der Waals surface area contributed by atoms with Crippen LogP contribution in [0.1, 0.15) is 56.9 Å². The SMILES string of the molecule is C.C.C.C.C.CC[NH2+]CCCS(=O)(=O)[O-].C[NH2+]CCCS(=O)(=O)[O-]. The van der Waals surface area contributed by atoms with E-state index in [9.17, 15) is 25.9 Å². The lowest BCUT2D eigenvalue weighted by Gasteiger charge is -2.04. The molecule has 0 spiro atoms. The van der Waals surface area contributed by atoms with Crippen molar-refractivity contribution in [2.24, 2.45) is 0 Å². The van der Waals surface area contributed by atoms with E-state index in [1.54, 1.807) is 0 Å². The molecule has 0 rings (SSSR count). The lowest BCUT2D eigenvalue weighted by atomic mass is 10.5. The Balaban J connectivity index is -0.0000000400. The summed E-state index contributed by atoms with van der Waals surface area (Å²) in [6.45, 7) is 4.32. The monoisotopic (exact) mass is 400 g/mol. The predicted octanol–water partition coefficient (Wildman–Crippen LogP) is -0.200. The number of hydrogen-bond acceptors (Lipinski definition) is 6.